The summed E-state index contributed by atoms with van der Waals surface area (Å²) in [5.41, 5.74) is 2.37. The van der Waals surface area contributed by atoms with Crippen LogP contribution in [0.2, 0.25) is 0 Å². The van der Waals surface area contributed by atoms with Gasteiger partial charge in [-0.1, -0.05) is 30.3 Å². The molecule has 2 aromatic rings. The van der Waals surface area contributed by atoms with Crippen LogP contribution in [0.4, 0.5) is 10.1 Å². The Kier molecular flexibility index (Phi) is 6.65. The van der Waals surface area contributed by atoms with E-state index in [1.54, 1.807) is 0 Å². The number of piperazine rings is 2. The third-order valence-corrected chi connectivity index (χ3v) is 6.34. The lowest BCUT2D eigenvalue weighted by Crippen LogP contribution is -2.57. The predicted octanol–water partition coefficient (Wildman–Crippen LogP) is 2.68. The number of benzene rings is 2. The van der Waals surface area contributed by atoms with Gasteiger partial charge >= 0.3 is 0 Å². The second-order valence-corrected chi connectivity index (χ2v) is 8.26. The van der Waals surface area contributed by atoms with E-state index in [0.29, 0.717) is 0 Å². The molecule has 0 saturated carbocycles. The highest BCUT2D eigenvalue weighted by molar-refractivity contribution is 5.81. The van der Waals surface area contributed by atoms with Gasteiger partial charge in [0.05, 0.1) is 6.04 Å². The Hall–Kier alpha value is -2.44. The molecule has 160 valence electrons. The third-order valence-electron chi connectivity index (χ3n) is 6.34. The highest BCUT2D eigenvalue weighted by Crippen LogP contribution is 2.19. The fraction of sp³-hybridized carbons (Fsp3) is 0.458. The number of nitrogens with zero attached hydrogens (tertiary/aromatic N) is 4. The molecule has 5 nitrogen and oxygen atoms in total. The highest BCUT2D eigenvalue weighted by Gasteiger charge is 2.30. The molecule has 0 bridgehead atoms. The largest absolute Gasteiger partial charge is 0.369 e. The second kappa shape index (κ2) is 9.58. The van der Waals surface area contributed by atoms with Gasteiger partial charge in [-0.05, 0) is 36.8 Å². The first-order valence-corrected chi connectivity index (χ1v) is 10.9. The van der Waals surface area contributed by atoms with Crippen LogP contribution in [0.15, 0.2) is 54.6 Å². The number of halogens is 1. The summed E-state index contributed by atoms with van der Waals surface area (Å²) in [6, 6.07) is 17.1. The van der Waals surface area contributed by atoms with Crippen LogP contribution in [0.3, 0.4) is 0 Å². The van der Waals surface area contributed by atoms with E-state index in [0.717, 1.165) is 64.6 Å². The lowest BCUT2D eigenvalue weighted by atomic mass is 10.1. The standard InChI is InChI=1S/C24H31FN4O/c1-20(27-15-17-28(18-16-27)23-9-7-22(25)8-10-23)24(30)29-13-11-26(12-14-29)19-21-5-3-2-4-6-21/h2-10,20H,11-19H2,1H3/t20-/m0/s1. The summed E-state index contributed by atoms with van der Waals surface area (Å²) >= 11 is 0. The maximum Gasteiger partial charge on any atom is 0.239 e. The monoisotopic (exact) mass is 410 g/mol. The number of carbonyl (C=O) groups is 1. The minimum absolute atomic E-state index is 0.0963. The van der Waals surface area contributed by atoms with Crippen LogP contribution >= 0.6 is 0 Å². The molecule has 1 amide bonds. The summed E-state index contributed by atoms with van der Waals surface area (Å²) in [6.45, 7) is 9.82. The van der Waals surface area contributed by atoms with Crippen molar-refractivity contribution in [1.29, 1.82) is 0 Å². The lowest BCUT2D eigenvalue weighted by molar-refractivity contribution is -0.138. The van der Waals surface area contributed by atoms with Crippen molar-refractivity contribution < 1.29 is 9.18 Å². The number of anilines is 1. The second-order valence-electron chi connectivity index (χ2n) is 8.26. The third kappa shape index (κ3) is 4.99. The van der Waals surface area contributed by atoms with Crippen molar-refractivity contribution in [2.45, 2.75) is 19.5 Å². The van der Waals surface area contributed by atoms with Crippen LogP contribution in [-0.4, -0.2) is 79.0 Å². The van der Waals surface area contributed by atoms with Gasteiger partial charge in [0.2, 0.25) is 5.91 Å². The van der Waals surface area contributed by atoms with E-state index >= 15 is 0 Å². The van der Waals surface area contributed by atoms with Gasteiger partial charge in [-0.15, -0.1) is 0 Å². The molecule has 0 spiro atoms. The molecule has 6 heteroatoms. The highest BCUT2D eigenvalue weighted by atomic mass is 19.1. The molecule has 0 N–H and O–H groups in total. The fourth-order valence-corrected chi connectivity index (χ4v) is 4.41. The van der Waals surface area contributed by atoms with Crippen molar-refractivity contribution in [3.8, 4) is 0 Å². The molecule has 2 aliphatic heterocycles. The molecule has 30 heavy (non-hydrogen) atoms. The topological polar surface area (TPSA) is 30.0 Å². The SMILES string of the molecule is C[C@@H](C(=O)N1CCN(Cc2ccccc2)CC1)N1CCN(c2ccc(F)cc2)CC1. The summed E-state index contributed by atoms with van der Waals surface area (Å²) in [6.07, 6.45) is 0. The van der Waals surface area contributed by atoms with Crippen LogP contribution in [0.5, 0.6) is 0 Å². The normalized spacial score (nSPS) is 19.7. The van der Waals surface area contributed by atoms with E-state index in [1.165, 1.54) is 17.7 Å². The Morgan fingerprint density at radius 3 is 2.13 bits per heavy atom. The molecular weight excluding hydrogens is 379 g/mol. The molecule has 0 unspecified atom stereocenters. The van der Waals surface area contributed by atoms with E-state index in [2.05, 4.69) is 39.0 Å². The van der Waals surface area contributed by atoms with Crippen LogP contribution in [0.25, 0.3) is 0 Å². The van der Waals surface area contributed by atoms with Crippen molar-refractivity contribution in [1.82, 2.24) is 14.7 Å². The smallest absolute Gasteiger partial charge is 0.239 e. The Bertz CT molecular complexity index is 813. The summed E-state index contributed by atoms with van der Waals surface area (Å²) < 4.78 is 13.1. The number of hydrogen-bond acceptors (Lipinski definition) is 4. The Balaban J connectivity index is 1.24. The molecule has 1 atom stereocenters. The quantitative estimate of drug-likeness (QED) is 0.758. The van der Waals surface area contributed by atoms with E-state index in [1.807, 2.05) is 30.0 Å². The Labute approximate surface area is 178 Å². The maximum atomic E-state index is 13.1. The van der Waals surface area contributed by atoms with Gasteiger partial charge in [0.25, 0.3) is 0 Å². The van der Waals surface area contributed by atoms with Crippen LogP contribution in [0, 0.1) is 5.82 Å². The number of rotatable bonds is 5. The van der Waals surface area contributed by atoms with Crippen molar-refractivity contribution in [2.24, 2.45) is 0 Å². The molecule has 0 radical (unpaired) electrons. The first kappa shape index (κ1) is 20.8. The lowest BCUT2D eigenvalue weighted by Gasteiger charge is -2.41. The van der Waals surface area contributed by atoms with Gasteiger partial charge in [0.15, 0.2) is 0 Å². The van der Waals surface area contributed by atoms with Gasteiger partial charge in [-0.25, -0.2) is 4.39 Å². The first-order valence-electron chi connectivity index (χ1n) is 10.9. The summed E-state index contributed by atoms with van der Waals surface area (Å²) in [7, 11) is 0. The molecule has 4 rings (SSSR count). The molecule has 2 fully saturated rings. The van der Waals surface area contributed by atoms with E-state index in [9.17, 15) is 9.18 Å². The molecule has 2 saturated heterocycles. The Morgan fingerprint density at radius 1 is 0.867 bits per heavy atom. The molecule has 2 aliphatic rings. The Morgan fingerprint density at radius 2 is 1.50 bits per heavy atom. The van der Waals surface area contributed by atoms with E-state index in [-0.39, 0.29) is 17.8 Å². The zero-order chi connectivity index (χ0) is 20.9. The van der Waals surface area contributed by atoms with Gasteiger partial charge in [0.1, 0.15) is 5.82 Å². The minimum Gasteiger partial charge on any atom is -0.369 e. The number of hydrogen-bond donors (Lipinski definition) is 0. The zero-order valence-electron chi connectivity index (χ0n) is 17.7. The molecule has 0 aliphatic carbocycles. The molecule has 2 aromatic carbocycles. The predicted molar refractivity (Wildman–Crippen MR) is 118 cm³/mol. The van der Waals surface area contributed by atoms with Gasteiger partial charge in [-0.3, -0.25) is 14.6 Å². The number of amides is 1. The molecule has 0 aromatic heterocycles. The van der Waals surface area contributed by atoms with Crippen LogP contribution < -0.4 is 4.90 Å². The van der Waals surface area contributed by atoms with E-state index < -0.39 is 0 Å². The van der Waals surface area contributed by atoms with Crippen molar-refractivity contribution in [3.63, 3.8) is 0 Å². The van der Waals surface area contributed by atoms with Gasteiger partial charge in [-0.2, -0.15) is 0 Å². The molecule has 2 heterocycles. The maximum absolute atomic E-state index is 13.1. The average molecular weight is 411 g/mol. The minimum atomic E-state index is -0.208. The zero-order valence-corrected chi connectivity index (χ0v) is 17.7. The number of carbonyl (C=O) groups excluding carboxylic acids is 1. The van der Waals surface area contributed by atoms with Crippen molar-refractivity contribution >= 4 is 11.6 Å². The summed E-state index contributed by atoms with van der Waals surface area (Å²) in [5.74, 6) is 0.0325. The van der Waals surface area contributed by atoms with Gasteiger partial charge in [0, 0.05) is 64.6 Å². The first-order chi connectivity index (χ1) is 14.6. The van der Waals surface area contributed by atoms with Crippen molar-refractivity contribution in [2.75, 3.05) is 57.3 Å². The van der Waals surface area contributed by atoms with Crippen LogP contribution in [-0.2, 0) is 11.3 Å². The average Bonchev–Trinajstić information content (AvgIpc) is 2.80. The fourth-order valence-electron chi connectivity index (χ4n) is 4.41. The molecular formula is C24H31FN4O. The van der Waals surface area contributed by atoms with Crippen LogP contribution in [0.1, 0.15) is 12.5 Å². The van der Waals surface area contributed by atoms with E-state index in [4.69, 9.17) is 0 Å². The van der Waals surface area contributed by atoms with Crippen molar-refractivity contribution in [3.05, 3.63) is 66.0 Å². The summed E-state index contributed by atoms with van der Waals surface area (Å²) in [5, 5.41) is 0. The summed E-state index contributed by atoms with van der Waals surface area (Å²) in [4.78, 5) is 22.0. The van der Waals surface area contributed by atoms with Gasteiger partial charge < -0.3 is 9.80 Å².